The van der Waals surface area contributed by atoms with Crippen molar-refractivity contribution in [3.05, 3.63) is 47.1 Å². The Morgan fingerprint density at radius 1 is 1.12 bits per heavy atom. The largest absolute Gasteiger partial charge is 0.238 e. The molecule has 0 radical (unpaired) electrons. The fourth-order valence-electron chi connectivity index (χ4n) is 2.06. The Balaban J connectivity index is 2.11. The van der Waals surface area contributed by atoms with E-state index in [1.807, 2.05) is 19.9 Å². The van der Waals surface area contributed by atoms with Crippen molar-refractivity contribution in [3.8, 4) is 0 Å². The summed E-state index contributed by atoms with van der Waals surface area (Å²) in [7, 11) is 0. The van der Waals surface area contributed by atoms with Crippen molar-refractivity contribution in [1.82, 2.24) is 9.97 Å². The Labute approximate surface area is 97.1 Å². The highest BCUT2D eigenvalue weighted by Gasteiger charge is 2.04. The number of rotatable bonds is 2. The topological polar surface area (TPSA) is 25.8 Å². The molecule has 0 N–H and O–H groups in total. The van der Waals surface area contributed by atoms with Gasteiger partial charge in [-0.1, -0.05) is 23.8 Å². The van der Waals surface area contributed by atoms with Crippen LogP contribution in [-0.2, 0) is 6.42 Å². The molecule has 1 aliphatic carbocycles. The van der Waals surface area contributed by atoms with E-state index in [9.17, 15) is 0 Å². The minimum absolute atomic E-state index is 0.907. The molecule has 1 aromatic rings. The predicted molar refractivity (Wildman–Crippen MR) is 66.3 cm³/mol. The second-order valence-electron chi connectivity index (χ2n) is 4.35. The van der Waals surface area contributed by atoms with E-state index in [-0.39, 0.29) is 0 Å². The van der Waals surface area contributed by atoms with Gasteiger partial charge in [-0.15, -0.1) is 0 Å². The van der Waals surface area contributed by atoms with Crippen LogP contribution in [0.15, 0.2) is 29.9 Å². The molecule has 0 atom stereocenters. The number of nitrogens with zero attached hydrogens (tertiary/aromatic N) is 2. The molecule has 1 aliphatic rings. The minimum Gasteiger partial charge on any atom is -0.238 e. The molecule has 2 nitrogen and oxygen atoms in total. The van der Waals surface area contributed by atoms with Gasteiger partial charge in [0.05, 0.1) is 0 Å². The Kier molecular flexibility index (Phi) is 3.50. The van der Waals surface area contributed by atoms with Gasteiger partial charge in [-0.05, 0) is 39.2 Å². The van der Waals surface area contributed by atoms with E-state index in [1.165, 1.54) is 5.57 Å². The molecular weight excluding hydrogens is 196 g/mol. The molecule has 0 amide bonds. The van der Waals surface area contributed by atoms with Gasteiger partial charge in [-0.25, -0.2) is 9.97 Å². The zero-order chi connectivity index (χ0) is 11.4. The molecule has 0 fully saturated rings. The molecule has 0 saturated heterocycles. The van der Waals surface area contributed by atoms with E-state index in [0.717, 1.165) is 42.9 Å². The van der Waals surface area contributed by atoms with Crippen LogP contribution in [0.2, 0.25) is 0 Å². The van der Waals surface area contributed by atoms with E-state index in [0.29, 0.717) is 0 Å². The fraction of sp³-hybridized carbons (Fsp3) is 0.429. The summed E-state index contributed by atoms with van der Waals surface area (Å²) in [6.45, 7) is 4.06. The van der Waals surface area contributed by atoms with E-state index < -0.39 is 0 Å². The Morgan fingerprint density at radius 3 is 2.62 bits per heavy atom. The maximum Gasteiger partial charge on any atom is 0.132 e. The zero-order valence-electron chi connectivity index (χ0n) is 10.0. The van der Waals surface area contributed by atoms with Crippen molar-refractivity contribution >= 4 is 0 Å². The molecule has 2 rings (SSSR count). The van der Waals surface area contributed by atoms with Gasteiger partial charge in [0.15, 0.2) is 0 Å². The maximum atomic E-state index is 4.49. The van der Waals surface area contributed by atoms with Crippen LogP contribution in [0.3, 0.4) is 0 Å². The SMILES string of the molecule is Cc1cc(C)nc(CC2=CCC=CCC2)n1. The van der Waals surface area contributed by atoms with E-state index >= 15 is 0 Å². The predicted octanol–water partition coefficient (Wildman–Crippen LogP) is 3.30. The molecule has 1 aromatic heterocycles. The van der Waals surface area contributed by atoms with Gasteiger partial charge in [-0.3, -0.25) is 0 Å². The van der Waals surface area contributed by atoms with Gasteiger partial charge in [0.1, 0.15) is 5.82 Å². The van der Waals surface area contributed by atoms with Crippen molar-refractivity contribution in [2.75, 3.05) is 0 Å². The lowest BCUT2D eigenvalue weighted by molar-refractivity contribution is 0.854. The van der Waals surface area contributed by atoms with Crippen molar-refractivity contribution in [3.63, 3.8) is 0 Å². The maximum absolute atomic E-state index is 4.49. The first-order valence-corrected chi connectivity index (χ1v) is 5.88. The fourth-order valence-corrected chi connectivity index (χ4v) is 2.06. The minimum atomic E-state index is 0.907. The highest BCUT2D eigenvalue weighted by atomic mass is 14.9. The normalized spacial score (nSPS) is 15.8. The summed E-state index contributed by atoms with van der Waals surface area (Å²) >= 11 is 0. The van der Waals surface area contributed by atoms with Gasteiger partial charge in [-0.2, -0.15) is 0 Å². The Hall–Kier alpha value is -1.44. The van der Waals surface area contributed by atoms with Crippen LogP contribution >= 0.6 is 0 Å². The molecule has 1 heterocycles. The van der Waals surface area contributed by atoms with Crippen molar-refractivity contribution < 1.29 is 0 Å². The first kappa shape index (κ1) is 11.1. The molecule has 2 heteroatoms. The first-order chi connectivity index (χ1) is 7.74. The van der Waals surface area contributed by atoms with Crippen LogP contribution in [0.4, 0.5) is 0 Å². The van der Waals surface area contributed by atoms with Crippen LogP contribution in [0, 0.1) is 13.8 Å². The van der Waals surface area contributed by atoms with Crippen molar-refractivity contribution in [1.29, 1.82) is 0 Å². The smallest absolute Gasteiger partial charge is 0.132 e. The summed E-state index contributed by atoms with van der Waals surface area (Å²) in [6, 6.07) is 2.02. The Morgan fingerprint density at radius 2 is 1.88 bits per heavy atom. The van der Waals surface area contributed by atoms with Crippen molar-refractivity contribution in [2.45, 2.75) is 39.5 Å². The second-order valence-corrected chi connectivity index (χ2v) is 4.35. The van der Waals surface area contributed by atoms with Crippen LogP contribution < -0.4 is 0 Å². The lowest BCUT2D eigenvalue weighted by atomic mass is 10.1. The average Bonchev–Trinajstić information content (AvgIpc) is 2.44. The van der Waals surface area contributed by atoms with Gasteiger partial charge in [0.25, 0.3) is 0 Å². The summed E-state index contributed by atoms with van der Waals surface area (Å²) in [5, 5.41) is 0. The quantitative estimate of drug-likeness (QED) is 0.706. The lowest BCUT2D eigenvalue weighted by Crippen LogP contribution is -2.01. The summed E-state index contributed by atoms with van der Waals surface area (Å²) in [6.07, 6.45) is 11.1. The molecule has 0 aromatic carbocycles. The number of hydrogen-bond acceptors (Lipinski definition) is 2. The highest BCUT2D eigenvalue weighted by Crippen LogP contribution is 2.16. The summed E-state index contributed by atoms with van der Waals surface area (Å²) in [5.74, 6) is 0.964. The standard InChI is InChI=1S/C14H18N2/c1-11-9-12(2)16-14(15-11)10-13-7-5-3-4-6-8-13/h3-4,7,9H,5-6,8,10H2,1-2H3. The molecule has 0 bridgehead atoms. The monoisotopic (exact) mass is 214 g/mol. The van der Waals surface area contributed by atoms with Gasteiger partial charge in [0.2, 0.25) is 0 Å². The summed E-state index contributed by atoms with van der Waals surface area (Å²) in [5.41, 5.74) is 3.60. The summed E-state index contributed by atoms with van der Waals surface area (Å²) in [4.78, 5) is 8.97. The summed E-state index contributed by atoms with van der Waals surface area (Å²) < 4.78 is 0. The number of hydrogen-bond donors (Lipinski definition) is 0. The van der Waals surface area contributed by atoms with E-state index in [1.54, 1.807) is 0 Å². The van der Waals surface area contributed by atoms with E-state index in [2.05, 4.69) is 28.2 Å². The number of aryl methyl sites for hydroxylation is 2. The number of aromatic nitrogens is 2. The third-order valence-electron chi connectivity index (χ3n) is 2.76. The molecule has 16 heavy (non-hydrogen) atoms. The first-order valence-electron chi connectivity index (χ1n) is 5.88. The zero-order valence-corrected chi connectivity index (χ0v) is 10.0. The van der Waals surface area contributed by atoms with Gasteiger partial charge in [0, 0.05) is 17.8 Å². The van der Waals surface area contributed by atoms with Crippen LogP contribution in [0.25, 0.3) is 0 Å². The molecule has 0 saturated carbocycles. The van der Waals surface area contributed by atoms with Crippen molar-refractivity contribution in [2.24, 2.45) is 0 Å². The Bertz CT molecular complexity index is 410. The molecule has 0 aliphatic heterocycles. The van der Waals surface area contributed by atoms with Crippen LogP contribution in [0.1, 0.15) is 36.5 Å². The third-order valence-corrected chi connectivity index (χ3v) is 2.76. The molecular formula is C14H18N2. The van der Waals surface area contributed by atoms with Crippen LogP contribution in [0.5, 0.6) is 0 Å². The lowest BCUT2D eigenvalue weighted by Gasteiger charge is -2.06. The highest BCUT2D eigenvalue weighted by molar-refractivity contribution is 5.17. The molecule has 0 unspecified atom stereocenters. The van der Waals surface area contributed by atoms with Crippen LogP contribution in [-0.4, -0.2) is 9.97 Å². The van der Waals surface area contributed by atoms with Gasteiger partial charge >= 0.3 is 0 Å². The average molecular weight is 214 g/mol. The molecule has 0 spiro atoms. The third kappa shape index (κ3) is 3.02. The van der Waals surface area contributed by atoms with E-state index in [4.69, 9.17) is 0 Å². The van der Waals surface area contributed by atoms with Gasteiger partial charge < -0.3 is 0 Å². The molecule has 84 valence electrons. The number of allylic oxidation sites excluding steroid dienone is 4. The second kappa shape index (κ2) is 5.06.